The van der Waals surface area contributed by atoms with E-state index in [1.54, 1.807) is 25.4 Å². The molecular weight excluding hydrogens is 266 g/mol. The summed E-state index contributed by atoms with van der Waals surface area (Å²) in [6.07, 6.45) is 1.68. The summed E-state index contributed by atoms with van der Waals surface area (Å²) < 4.78 is 0. The van der Waals surface area contributed by atoms with Crippen LogP contribution in [0.4, 0.5) is 5.82 Å². The van der Waals surface area contributed by atoms with E-state index in [9.17, 15) is 4.79 Å². The van der Waals surface area contributed by atoms with Gasteiger partial charge in [-0.25, -0.2) is 4.98 Å². The van der Waals surface area contributed by atoms with Gasteiger partial charge in [0.15, 0.2) is 0 Å². The molecule has 19 heavy (non-hydrogen) atoms. The van der Waals surface area contributed by atoms with Crippen LogP contribution in [0.5, 0.6) is 0 Å². The molecule has 0 aromatic carbocycles. The minimum Gasteiger partial charge on any atom is -0.373 e. The van der Waals surface area contributed by atoms with Crippen molar-refractivity contribution in [3.63, 3.8) is 0 Å². The molecule has 2 heterocycles. The summed E-state index contributed by atoms with van der Waals surface area (Å²) in [5.41, 5.74) is 2.05. The first kappa shape index (κ1) is 13.4. The van der Waals surface area contributed by atoms with Crippen LogP contribution in [0.15, 0.2) is 18.3 Å². The number of halogens is 1. The Bertz CT molecular complexity index is 596. The molecular formula is C12H14ClN5O. The topological polar surface area (TPSA) is 82.7 Å². The Morgan fingerprint density at radius 3 is 2.89 bits per heavy atom. The highest BCUT2D eigenvalue weighted by molar-refractivity contribution is 6.33. The van der Waals surface area contributed by atoms with Crippen molar-refractivity contribution in [3.8, 4) is 0 Å². The maximum absolute atomic E-state index is 12.0. The quantitative estimate of drug-likeness (QED) is 0.796. The van der Waals surface area contributed by atoms with E-state index in [1.807, 2.05) is 6.92 Å². The van der Waals surface area contributed by atoms with Crippen LogP contribution in [-0.2, 0) is 6.54 Å². The highest BCUT2D eigenvalue weighted by Crippen LogP contribution is 2.16. The molecule has 0 aliphatic rings. The van der Waals surface area contributed by atoms with Crippen molar-refractivity contribution in [1.82, 2.24) is 20.5 Å². The molecule has 0 unspecified atom stereocenters. The molecule has 0 spiro atoms. The van der Waals surface area contributed by atoms with Crippen LogP contribution < -0.4 is 10.6 Å². The number of aryl methyl sites for hydroxylation is 1. The van der Waals surface area contributed by atoms with E-state index < -0.39 is 0 Å². The van der Waals surface area contributed by atoms with Gasteiger partial charge in [0, 0.05) is 24.8 Å². The zero-order valence-corrected chi connectivity index (χ0v) is 11.4. The van der Waals surface area contributed by atoms with E-state index in [-0.39, 0.29) is 11.6 Å². The Labute approximate surface area is 115 Å². The fourth-order valence-electron chi connectivity index (χ4n) is 1.55. The summed E-state index contributed by atoms with van der Waals surface area (Å²) in [6.45, 7) is 2.27. The third kappa shape index (κ3) is 3.03. The minimum absolute atomic E-state index is 0.203. The zero-order chi connectivity index (χ0) is 13.8. The molecule has 2 rings (SSSR count). The fourth-order valence-corrected chi connectivity index (χ4v) is 1.74. The van der Waals surface area contributed by atoms with E-state index in [1.165, 1.54) is 0 Å². The van der Waals surface area contributed by atoms with Crippen LogP contribution in [0.3, 0.4) is 0 Å². The van der Waals surface area contributed by atoms with Crippen molar-refractivity contribution in [2.45, 2.75) is 13.5 Å². The Kier molecular flexibility index (Phi) is 4.01. The number of pyridine rings is 1. The van der Waals surface area contributed by atoms with Crippen LogP contribution in [0, 0.1) is 6.92 Å². The molecule has 0 bridgehead atoms. The average Bonchev–Trinajstić information content (AvgIpc) is 2.82. The Balaban J connectivity index is 2.10. The largest absolute Gasteiger partial charge is 0.373 e. The number of amides is 1. The van der Waals surface area contributed by atoms with Crippen molar-refractivity contribution < 1.29 is 4.79 Å². The average molecular weight is 280 g/mol. The van der Waals surface area contributed by atoms with Crippen molar-refractivity contribution >= 4 is 23.3 Å². The Morgan fingerprint density at radius 1 is 1.47 bits per heavy atom. The van der Waals surface area contributed by atoms with Crippen molar-refractivity contribution in [2.24, 2.45) is 0 Å². The molecule has 0 saturated heterocycles. The number of aromatic nitrogens is 3. The molecule has 0 aliphatic heterocycles. The van der Waals surface area contributed by atoms with Crippen LogP contribution in [-0.4, -0.2) is 28.1 Å². The predicted octanol–water partition coefficient (Wildman–Crippen LogP) is 1.74. The minimum atomic E-state index is -0.317. The van der Waals surface area contributed by atoms with Crippen molar-refractivity contribution in [1.29, 1.82) is 0 Å². The molecule has 0 saturated carbocycles. The number of carbonyl (C=O) groups is 1. The lowest BCUT2D eigenvalue weighted by Gasteiger charge is -2.07. The van der Waals surface area contributed by atoms with Gasteiger partial charge in [0.05, 0.1) is 11.2 Å². The number of hydrogen-bond acceptors (Lipinski definition) is 4. The number of carbonyl (C=O) groups excluding carboxylic acids is 1. The molecule has 3 N–H and O–H groups in total. The van der Waals surface area contributed by atoms with Gasteiger partial charge in [-0.1, -0.05) is 11.6 Å². The highest BCUT2D eigenvalue weighted by atomic mass is 35.5. The number of nitrogens with one attached hydrogen (secondary N) is 3. The molecule has 100 valence electrons. The Morgan fingerprint density at radius 2 is 2.26 bits per heavy atom. The number of H-pyrrole nitrogens is 1. The van der Waals surface area contributed by atoms with Crippen molar-refractivity contribution in [3.05, 3.63) is 40.3 Å². The third-order valence-corrected chi connectivity index (χ3v) is 3.00. The Hall–Kier alpha value is -2.08. The van der Waals surface area contributed by atoms with Crippen LogP contribution in [0.25, 0.3) is 0 Å². The van der Waals surface area contributed by atoms with E-state index >= 15 is 0 Å². The van der Waals surface area contributed by atoms with E-state index in [0.29, 0.717) is 17.4 Å². The lowest BCUT2D eigenvalue weighted by atomic mass is 10.2. The predicted molar refractivity (Wildman–Crippen MR) is 73.3 cm³/mol. The summed E-state index contributed by atoms with van der Waals surface area (Å²) >= 11 is 5.97. The smallest absolute Gasteiger partial charge is 0.271 e. The summed E-state index contributed by atoms with van der Waals surface area (Å²) in [7, 11) is 1.73. The molecule has 2 aromatic heterocycles. The van der Waals surface area contributed by atoms with Gasteiger partial charge in [0.25, 0.3) is 5.91 Å². The van der Waals surface area contributed by atoms with Gasteiger partial charge in [-0.3, -0.25) is 9.89 Å². The number of nitrogens with zero attached hydrogens (tertiary/aromatic N) is 2. The molecule has 7 heteroatoms. The van der Waals surface area contributed by atoms with Crippen LogP contribution in [0.1, 0.15) is 21.7 Å². The standard InChI is InChI=1S/C12H14ClN5O/c1-7-8(6-16-18-7)5-15-12(19)11-9(13)3-4-10(14-2)17-11/h3-4,6H,5H2,1-2H3,(H,14,17)(H,15,19)(H,16,18). The summed E-state index contributed by atoms with van der Waals surface area (Å²) in [5.74, 6) is 0.275. The van der Waals surface area contributed by atoms with Crippen molar-refractivity contribution in [2.75, 3.05) is 12.4 Å². The monoisotopic (exact) mass is 279 g/mol. The van der Waals surface area contributed by atoms with Gasteiger partial charge in [-0.15, -0.1) is 0 Å². The fraction of sp³-hybridized carbons (Fsp3) is 0.250. The zero-order valence-electron chi connectivity index (χ0n) is 10.6. The maximum Gasteiger partial charge on any atom is 0.271 e. The van der Waals surface area contributed by atoms with E-state index in [0.717, 1.165) is 11.3 Å². The van der Waals surface area contributed by atoms with Gasteiger partial charge < -0.3 is 10.6 Å². The summed E-state index contributed by atoms with van der Waals surface area (Å²) in [5, 5.41) is 12.6. The molecule has 6 nitrogen and oxygen atoms in total. The lowest BCUT2D eigenvalue weighted by molar-refractivity contribution is 0.0946. The van der Waals surface area contributed by atoms with Gasteiger partial charge in [-0.05, 0) is 19.1 Å². The first-order valence-electron chi connectivity index (χ1n) is 5.73. The van der Waals surface area contributed by atoms with E-state index in [4.69, 9.17) is 11.6 Å². The van der Waals surface area contributed by atoms with Crippen LogP contribution in [0.2, 0.25) is 5.02 Å². The first-order valence-corrected chi connectivity index (χ1v) is 6.11. The SMILES string of the molecule is CNc1ccc(Cl)c(C(=O)NCc2cn[nH]c2C)n1. The normalized spacial score (nSPS) is 10.3. The second kappa shape index (κ2) is 5.71. The van der Waals surface area contributed by atoms with Gasteiger partial charge in [0.2, 0.25) is 0 Å². The number of aromatic amines is 1. The lowest BCUT2D eigenvalue weighted by Crippen LogP contribution is -2.24. The number of anilines is 1. The third-order valence-electron chi connectivity index (χ3n) is 2.69. The highest BCUT2D eigenvalue weighted by Gasteiger charge is 2.13. The number of hydrogen-bond donors (Lipinski definition) is 3. The number of rotatable bonds is 4. The second-order valence-electron chi connectivity index (χ2n) is 3.98. The molecule has 1 amide bonds. The molecule has 2 aromatic rings. The molecule has 0 aliphatic carbocycles. The molecule has 0 atom stereocenters. The van der Waals surface area contributed by atoms with E-state index in [2.05, 4.69) is 25.8 Å². The van der Waals surface area contributed by atoms with Gasteiger partial charge in [0.1, 0.15) is 11.5 Å². The van der Waals surface area contributed by atoms with Gasteiger partial charge >= 0.3 is 0 Å². The second-order valence-corrected chi connectivity index (χ2v) is 4.39. The molecule has 0 radical (unpaired) electrons. The molecule has 0 fully saturated rings. The van der Waals surface area contributed by atoms with Gasteiger partial charge in [-0.2, -0.15) is 5.10 Å². The summed E-state index contributed by atoms with van der Waals surface area (Å²) in [4.78, 5) is 16.2. The maximum atomic E-state index is 12.0. The summed E-state index contributed by atoms with van der Waals surface area (Å²) in [6, 6.07) is 3.34. The first-order chi connectivity index (χ1) is 9.11. The van der Waals surface area contributed by atoms with Crippen LogP contribution >= 0.6 is 11.6 Å².